The van der Waals surface area contributed by atoms with Crippen molar-refractivity contribution in [3.63, 3.8) is 0 Å². The predicted molar refractivity (Wildman–Crippen MR) is 48.2 cm³/mol. The van der Waals surface area contributed by atoms with Gasteiger partial charge in [-0.2, -0.15) is 0 Å². The number of rotatable bonds is 5. The standard InChI is InChI=1S/C10H20/c1-4-6-8-10(3)9-7-5-2/h8H,4-7,9H2,1-3H3. The average molecular weight is 140 g/mol. The van der Waals surface area contributed by atoms with Gasteiger partial charge in [0.25, 0.3) is 0 Å². The molecule has 10 heavy (non-hydrogen) atoms. The van der Waals surface area contributed by atoms with Gasteiger partial charge in [0.05, 0.1) is 0 Å². The summed E-state index contributed by atoms with van der Waals surface area (Å²) in [4.78, 5) is 0. The van der Waals surface area contributed by atoms with Gasteiger partial charge in [0.1, 0.15) is 0 Å². The van der Waals surface area contributed by atoms with E-state index in [1.165, 1.54) is 32.1 Å². The van der Waals surface area contributed by atoms with Crippen LogP contribution in [0.3, 0.4) is 0 Å². The van der Waals surface area contributed by atoms with Crippen molar-refractivity contribution >= 4 is 0 Å². The molecule has 0 atom stereocenters. The SMILES string of the molecule is CCCC=C(C)CCCC. The summed E-state index contributed by atoms with van der Waals surface area (Å²) in [5.74, 6) is 0. The summed E-state index contributed by atoms with van der Waals surface area (Å²) >= 11 is 0. The van der Waals surface area contributed by atoms with Crippen LogP contribution in [0.2, 0.25) is 0 Å². The van der Waals surface area contributed by atoms with Gasteiger partial charge in [-0.15, -0.1) is 0 Å². The van der Waals surface area contributed by atoms with Gasteiger partial charge in [-0.25, -0.2) is 0 Å². The third kappa shape index (κ3) is 5.87. The lowest BCUT2D eigenvalue weighted by molar-refractivity contribution is 0.780. The number of hydrogen-bond donors (Lipinski definition) is 0. The highest BCUT2D eigenvalue weighted by Gasteiger charge is 1.86. The first-order valence-electron chi connectivity index (χ1n) is 4.46. The molecule has 0 radical (unpaired) electrons. The molecule has 0 aromatic carbocycles. The smallest absolute Gasteiger partial charge is 0.0323 e. The van der Waals surface area contributed by atoms with E-state index in [9.17, 15) is 0 Å². The summed E-state index contributed by atoms with van der Waals surface area (Å²) in [7, 11) is 0. The van der Waals surface area contributed by atoms with Crippen molar-refractivity contribution < 1.29 is 0 Å². The van der Waals surface area contributed by atoms with Crippen LogP contribution in [-0.2, 0) is 0 Å². The largest absolute Gasteiger partial charge is 0.0856 e. The van der Waals surface area contributed by atoms with E-state index < -0.39 is 0 Å². The zero-order valence-electron chi connectivity index (χ0n) is 7.61. The molecule has 0 nitrogen and oxygen atoms in total. The van der Waals surface area contributed by atoms with E-state index in [2.05, 4.69) is 26.8 Å². The second kappa shape index (κ2) is 6.85. The van der Waals surface area contributed by atoms with Gasteiger partial charge in [-0.05, 0) is 26.2 Å². The van der Waals surface area contributed by atoms with Crippen molar-refractivity contribution in [2.75, 3.05) is 0 Å². The van der Waals surface area contributed by atoms with Gasteiger partial charge >= 0.3 is 0 Å². The average Bonchev–Trinajstić information content (AvgIpc) is 1.97. The number of hydrogen-bond acceptors (Lipinski definition) is 0. The van der Waals surface area contributed by atoms with Crippen LogP contribution in [-0.4, -0.2) is 0 Å². The highest BCUT2D eigenvalue weighted by Crippen LogP contribution is 2.07. The van der Waals surface area contributed by atoms with Crippen LogP contribution < -0.4 is 0 Å². The van der Waals surface area contributed by atoms with Crippen LogP contribution in [0.15, 0.2) is 11.6 Å². The molecule has 0 amide bonds. The van der Waals surface area contributed by atoms with Crippen molar-refractivity contribution in [2.24, 2.45) is 0 Å². The Morgan fingerprint density at radius 3 is 2.40 bits per heavy atom. The number of unbranched alkanes of at least 4 members (excludes halogenated alkanes) is 2. The van der Waals surface area contributed by atoms with E-state index in [-0.39, 0.29) is 0 Å². The predicted octanol–water partition coefficient (Wildman–Crippen LogP) is 3.92. The van der Waals surface area contributed by atoms with E-state index in [4.69, 9.17) is 0 Å². The molecule has 0 aliphatic heterocycles. The monoisotopic (exact) mass is 140 g/mol. The summed E-state index contributed by atoms with van der Waals surface area (Å²) in [5.41, 5.74) is 1.57. The summed E-state index contributed by atoms with van der Waals surface area (Å²) in [6, 6.07) is 0. The molecule has 0 fully saturated rings. The molecule has 0 N–H and O–H groups in total. The van der Waals surface area contributed by atoms with Gasteiger partial charge in [-0.1, -0.05) is 38.3 Å². The first kappa shape index (κ1) is 9.74. The normalized spacial score (nSPS) is 12.1. The molecule has 0 aliphatic carbocycles. The second-order valence-electron chi connectivity index (χ2n) is 2.94. The van der Waals surface area contributed by atoms with Crippen LogP contribution in [0.4, 0.5) is 0 Å². The molecule has 0 heterocycles. The van der Waals surface area contributed by atoms with Crippen LogP contribution >= 0.6 is 0 Å². The van der Waals surface area contributed by atoms with Crippen molar-refractivity contribution in [2.45, 2.75) is 52.9 Å². The van der Waals surface area contributed by atoms with Gasteiger partial charge in [-0.3, -0.25) is 0 Å². The van der Waals surface area contributed by atoms with Crippen molar-refractivity contribution in [1.82, 2.24) is 0 Å². The number of allylic oxidation sites excluding steroid dienone is 2. The second-order valence-corrected chi connectivity index (χ2v) is 2.94. The summed E-state index contributed by atoms with van der Waals surface area (Å²) in [5, 5.41) is 0. The maximum absolute atomic E-state index is 2.37. The van der Waals surface area contributed by atoms with Crippen molar-refractivity contribution in [3.05, 3.63) is 11.6 Å². The first-order chi connectivity index (χ1) is 4.81. The molecule has 0 aromatic rings. The molecule has 60 valence electrons. The summed E-state index contributed by atoms with van der Waals surface area (Å²) in [6.07, 6.45) is 8.88. The van der Waals surface area contributed by atoms with E-state index in [0.717, 1.165) is 0 Å². The summed E-state index contributed by atoms with van der Waals surface area (Å²) in [6.45, 7) is 6.71. The van der Waals surface area contributed by atoms with E-state index >= 15 is 0 Å². The minimum atomic E-state index is 1.26. The van der Waals surface area contributed by atoms with Gasteiger partial charge in [0.15, 0.2) is 0 Å². The zero-order chi connectivity index (χ0) is 7.82. The fraction of sp³-hybridized carbons (Fsp3) is 0.800. The highest BCUT2D eigenvalue weighted by molar-refractivity contribution is 4.97. The zero-order valence-corrected chi connectivity index (χ0v) is 7.61. The molecule has 0 aromatic heterocycles. The maximum Gasteiger partial charge on any atom is -0.0323 e. The van der Waals surface area contributed by atoms with Crippen LogP contribution in [0.5, 0.6) is 0 Å². The minimum absolute atomic E-state index is 1.26. The Labute approximate surface area is 65.3 Å². The Hall–Kier alpha value is -0.260. The molecule has 0 rings (SSSR count). The topological polar surface area (TPSA) is 0 Å². The Balaban J connectivity index is 3.30. The Bertz CT molecular complexity index is 90.2. The molecular formula is C10H20. The third-order valence-electron chi connectivity index (χ3n) is 1.71. The van der Waals surface area contributed by atoms with Gasteiger partial charge in [0.2, 0.25) is 0 Å². The lowest BCUT2D eigenvalue weighted by Gasteiger charge is -1.97. The van der Waals surface area contributed by atoms with E-state index in [0.29, 0.717) is 0 Å². The van der Waals surface area contributed by atoms with Crippen LogP contribution in [0.1, 0.15) is 52.9 Å². The molecule has 0 saturated heterocycles. The molecule has 0 bridgehead atoms. The van der Waals surface area contributed by atoms with E-state index in [1.54, 1.807) is 5.57 Å². The molecule has 0 heteroatoms. The molecule has 0 spiro atoms. The van der Waals surface area contributed by atoms with Crippen LogP contribution in [0.25, 0.3) is 0 Å². The van der Waals surface area contributed by atoms with Gasteiger partial charge < -0.3 is 0 Å². The fourth-order valence-electron chi connectivity index (χ4n) is 0.948. The maximum atomic E-state index is 2.37. The van der Waals surface area contributed by atoms with E-state index in [1.807, 2.05) is 0 Å². The summed E-state index contributed by atoms with van der Waals surface area (Å²) < 4.78 is 0. The van der Waals surface area contributed by atoms with Crippen molar-refractivity contribution in [3.8, 4) is 0 Å². The Morgan fingerprint density at radius 1 is 1.20 bits per heavy atom. The molecule has 0 unspecified atom stereocenters. The van der Waals surface area contributed by atoms with Crippen LogP contribution in [0, 0.1) is 0 Å². The van der Waals surface area contributed by atoms with Gasteiger partial charge in [0, 0.05) is 0 Å². The first-order valence-corrected chi connectivity index (χ1v) is 4.46. The minimum Gasteiger partial charge on any atom is -0.0856 e. The Kier molecular flexibility index (Phi) is 6.68. The van der Waals surface area contributed by atoms with Crippen molar-refractivity contribution in [1.29, 1.82) is 0 Å². The molecular weight excluding hydrogens is 120 g/mol. The molecule has 0 aliphatic rings. The lowest BCUT2D eigenvalue weighted by Crippen LogP contribution is -1.77. The highest BCUT2D eigenvalue weighted by atomic mass is 13.9. The molecule has 0 saturated carbocycles. The Morgan fingerprint density at radius 2 is 1.90 bits per heavy atom. The third-order valence-corrected chi connectivity index (χ3v) is 1.71. The fourth-order valence-corrected chi connectivity index (χ4v) is 0.948. The quantitative estimate of drug-likeness (QED) is 0.508. The lowest BCUT2D eigenvalue weighted by atomic mass is 10.1.